The third kappa shape index (κ3) is 2.98. The molecule has 0 aliphatic heterocycles. The molecular formula is C16H17NO. The van der Waals surface area contributed by atoms with Gasteiger partial charge in [0, 0.05) is 5.69 Å². The third-order valence-corrected chi connectivity index (χ3v) is 3.01. The fraction of sp³-hybridized carbons (Fsp3) is 0.188. The normalized spacial score (nSPS) is 11.9. The topological polar surface area (TPSA) is 29.1 Å². The second-order valence-electron chi connectivity index (χ2n) is 4.49. The number of carbonyl (C=O) groups is 1. The van der Waals surface area contributed by atoms with Crippen LogP contribution in [-0.2, 0) is 4.79 Å². The van der Waals surface area contributed by atoms with E-state index in [4.69, 9.17) is 0 Å². The summed E-state index contributed by atoms with van der Waals surface area (Å²) < 4.78 is 0. The molecule has 2 aromatic rings. The van der Waals surface area contributed by atoms with Gasteiger partial charge in [0.1, 0.15) is 0 Å². The SMILES string of the molecule is Cc1ccc(NC(=O)[C@H](C)c2ccccc2)cc1. The van der Waals surface area contributed by atoms with Crippen molar-refractivity contribution in [2.45, 2.75) is 19.8 Å². The van der Waals surface area contributed by atoms with Crippen LogP contribution in [0.1, 0.15) is 24.0 Å². The number of anilines is 1. The lowest BCUT2D eigenvalue weighted by molar-refractivity contribution is -0.117. The molecule has 0 saturated heterocycles. The van der Waals surface area contributed by atoms with Crippen molar-refractivity contribution in [2.24, 2.45) is 0 Å². The van der Waals surface area contributed by atoms with Crippen LogP contribution < -0.4 is 5.32 Å². The monoisotopic (exact) mass is 239 g/mol. The lowest BCUT2D eigenvalue weighted by atomic mass is 10.0. The van der Waals surface area contributed by atoms with Gasteiger partial charge in [0.25, 0.3) is 0 Å². The molecule has 0 spiro atoms. The lowest BCUT2D eigenvalue weighted by Gasteiger charge is -2.12. The minimum absolute atomic E-state index is 0.0186. The molecule has 0 aromatic heterocycles. The van der Waals surface area contributed by atoms with Gasteiger partial charge in [0.2, 0.25) is 5.91 Å². The van der Waals surface area contributed by atoms with Crippen molar-refractivity contribution in [3.63, 3.8) is 0 Å². The minimum atomic E-state index is -0.146. The second-order valence-corrected chi connectivity index (χ2v) is 4.49. The van der Waals surface area contributed by atoms with E-state index in [1.807, 2.05) is 68.4 Å². The number of hydrogen-bond acceptors (Lipinski definition) is 1. The molecule has 2 nitrogen and oxygen atoms in total. The summed E-state index contributed by atoms with van der Waals surface area (Å²) in [5.74, 6) is -0.127. The zero-order chi connectivity index (χ0) is 13.0. The molecule has 2 aromatic carbocycles. The van der Waals surface area contributed by atoms with Gasteiger partial charge >= 0.3 is 0 Å². The van der Waals surface area contributed by atoms with Crippen molar-refractivity contribution >= 4 is 11.6 Å². The number of amides is 1. The van der Waals surface area contributed by atoms with E-state index in [0.717, 1.165) is 11.3 Å². The summed E-state index contributed by atoms with van der Waals surface area (Å²) >= 11 is 0. The van der Waals surface area contributed by atoms with E-state index in [-0.39, 0.29) is 11.8 Å². The number of benzene rings is 2. The van der Waals surface area contributed by atoms with E-state index >= 15 is 0 Å². The predicted molar refractivity (Wildman–Crippen MR) is 74.7 cm³/mol. The Morgan fingerprint density at radius 1 is 1.00 bits per heavy atom. The molecule has 0 saturated carbocycles. The number of hydrogen-bond donors (Lipinski definition) is 1. The molecule has 1 N–H and O–H groups in total. The number of carbonyl (C=O) groups excluding carboxylic acids is 1. The van der Waals surface area contributed by atoms with Gasteiger partial charge in [-0.05, 0) is 31.5 Å². The van der Waals surface area contributed by atoms with E-state index in [0.29, 0.717) is 0 Å². The summed E-state index contributed by atoms with van der Waals surface area (Å²) in [6.07, 6.45) is 0. The van der Waals surface area contributed by atoms with Crippen LogP contribution in [0.2, 0.25) is 0 Å². The van der Waals surface area contributed by atoms with Gasteiger partial charge in [-0.15, -0.1) is 0 Å². The van der Waals surface area contributed by atoms with Crippen LogP contribution in [0.3, 0.4) is 0 Å². The van der Waals surface area contributed by atoms with E-state index in [1.54, 1.807) is 0 Å². The number of rotatable bonds is 3. The molecule has 1 atom stereocenters. The summed E-state index contributed by atoms with van der Waals surface area (Å²) in [6.45, 7) is 3.94. The molecule has 18 heavy (non-hydrogen) atoms. The van der Waals surface area contributed by atoms with Crippen molar-refractivity contribution in [1.29, 1.82) is 0 Å². The second kappa shape index (κ2) is 5.50. The van der Waals surface area contributed by atoms with E-state index < -0.39 is 0 Å². The van der Waals surface area contributed by atoms with Crippen LogP contribution in [-0.4, -0.2) is 5.91 Å². The summed E-state index contributed by atoms with van der Waals surface area (Å²) in [4.78, 5) is 12.1. The largest absolute Gasteiger partial charge is 0.326 e. The van der Waals surface area contributed by atoms with Gasteiger partial charge in [-0.25, -0.2) is 0 Å². The van der Waals surface area contributed by atoms with Crippen molar-refractivity contribution in [3.8, 4) is 0 Å². The van der Waals surface area contributed by atoms with Crippen LogP contribution in [0.5, 0.6) is 0 Å². The molecule has 0 aliphatic carbocycles. The number of aryl methyl sites for hydroxylation is 1. The Kier molecular flexibility index (Phi) is 3.78. The highest BCUT2D eigenvalue weighted by atomic mass is 16.1. The van der Waals surface area contributed by atoms with Crippen LogP contribution >= 0.6 is 0 Å². The van der Waals surface area contributed by atoms with E-state index in [1.165, 1.54) is 5.56 Å². The summed E-state index contributed by atoms with van der Waals surface area (Å²) in [6, 6.07) is 17.6. The standard InChI is InChI=1S/C16H17NO/c1-12-8-10-15(11-9-12)17-16(18)13(2)14-6-4-3-5-7-14/h3-11,13H,1-2H3,(H,17,18)/t13-/m1/s1. The van der Waals surface area contributed by atoms with E-state index in [9.17, 15) is 4.79 Å². The van der Waals surface area contributed by atoms with Gasteiger partial charge in [-0.1, -0.05) is 48.0 Å². The minimum Gasteiger partial charge on any atom is -0.326 e. The third-order valence-electron chi connectivity index (χ3n) is 3.01. The smallest absolute Gasteiger partial charge is 0.231 e. The van der Waals surface area contributed by atoms with Crippen molar-refractivity contribution in [3.05, 3.63) is 65.7 Å². The van der Waals surface area contributed by atoms with Crippen molar-refractivity contribution in [1.82, 2.24) is 0 Å². The first-order valence-electron chi connectivity index (χ1n) is 6.09. The van der Waals surface area contributed by atoms with Gasteiger partial charge in [0.05, 0.1) is 5.92 Å². The molecule has 0 fully saturated rings. The Hall–Kier alpha value is -2.09. The Balaban J connectivity index is 2.06. The Labute approximate surface area is 108 Å². The van der Waals surface area contributed by atoms with Gasteiger partial charge in [-0.3, -0.25) is 4.79 Å². The maximum absolute atomic E-state index is 12.1. The van der Waals surface area contributed by atoms with Gasteiger partial charge in [0.15, 0.2) is 0 Å². The highest BCUT2D eigenvalue weighted by Crippen LogP contribution is 2.17. The molecular weight excluding hydrogens is 222 g/mol. The van der Waals surface area contributed by atoms with Crippen molar-refractivity contribution < 1.29 is 4.79 Å². The summed E-state index contributed by atoms with van der Waals surface area (Å²) in [5.41, 5.74) is 3.06. The van der Waals surface area contributed by atoms with E-state index in [2.05, 4.69) is 5.32 Å². The number of nitrogens with one attached hydrogen (secondary N) is 1. The van der Waals surface area contributed by atoms with Gasteiger partial charge in [-0.2, -0.15) is 0 Å². The lowest BCUT2D eigenvalue weighted by Crippen LogP contribution is -2.18. The van der Waals surface area contributed by atoms with Crippen LogP contribution in [0, 0.1) is 6.92 Å². The van der Waals surface area contributed by atoms with Crippen molar-refractivity contribution in [2.75, 3.05) is 5.32 Å². The predicted octanol–water partition coefficient (Wildman–Crippen LogP) is 3.74. The quantitative estimate of drug-likeness (QED) is 0.868. The molecule has 0 unspecified atom stereocenters. The summed E-state index contributed by atoms with van der Waals surface area (Å²) in [7, 11) is 0. The van der Waals surface area contributed by atoms with Crippen LogP contribution in [0.25, 0.3) is 0 Å². The Morgan fingerprint density at radius 3 is 2.22 bits per heavy atom. The molecule has 1 amide bonds. The molecule has 92 valence electrons. The summed E-state index contributed by atoms with van der Waals surface area (Å²) in [5, 5.41) is 2.93. The molecule has 0 aliphatic rings. The molecule has 2 heteroatoms. The molecule has 0 heterocycles. The van der Waals surface area contributed by atoms with Crippen LogP contribution in [0.4, 0.5) is 5.69 Å². The molecule has 0 radical (unpaired) electrons. The molecule has 0 bridgehead atoms. The Bertz CT molecular complexity index is 517. The first kappa shape index (κ1) is 12.4. The maximum atomic E-state index is 12.1. The molecule has 2 rings (SSSR count). The fourth-order valence-electron chi connectivity index (χ4n) is 1.78. The maximum Gasteiger partial charge on any atom is 0.231 e. The highest BCUT2D eigenvalue weighted by molar-refractivity contribution is 5.95. The van der Waals surface area contributed by atoms with Crippen LogP contribution in [0.15, 0.2) is 54.6 Å². The Morgan fingerprint density at radius 2 is 1.61 bits per heavy atom. The first-order valence-corrected chi connectivity index (χ1v) is 6.09. The van der Waals surface area contributed by atoms with Gasteiger partial charge < -0.3 is 5.32 Å². The fourth-order valence-corrected chi connectivity index (χ4v) is 1.78. The zero-order valence-corrected chi connectivity index (χ0v) is 10.7. The average molecular weight is 239 g/mol. The highest BCUT2D eigenvalue weighted by Gasteiger charge is 2.14. The average Bonchev–Trinajstić information content (AvgIpc) is 2.41. The first-order chi connectivity index (χ1) is 8.66. The zero-order valence-electron chi connectivity index (χ0n) is 10.7.